The molecule has 1 N–H and O–H groups in total. The maximum Gasteiger partial charge on any atom is 0.418 e. The van der Waals surface area contributed by atoms with Gasteiger partial charge in [-0.25, -0.2) is 4.98 Å². The lowest BCUT2D eigenvalue weighted by Crippen LogP contribution is -2.12. The summed E-state index contributed by atoms with van der Waals surface area (Å²) >= 11 is 5.78. The predicted octanol–water partition coefficient (Wildman–Crippen LogP) is 5.08. The first-order valence-corrected chi connectivity index (χ1v) is 8.31. The third-order valence-corrected chi connectivity index (χ3v) is 4.02. The van der Waals surface area contributed by atoms with Crippen molar-refractivity contribution in [1.82, 2.24) is 9.97 Å². The number of hydrogen-bond donors (Lipinski definition) is 1. The summed E-state index contributed by atoms with van der Waals surface area (Å²) in [4.78, 5) is 20.1. The van der Waals surface area contributed by atoms with E-state index in [2.05, 4.69) is 15.3 Å². The van der Waals surface area contributed by atoms with E-state index in [0.29, 0.717) is 5.69 Å². The van der Waals surface area contributed by atoms with Crippen LogP contribution in [-0.2, 0) is 6.18 Å². The number of benzene rings is 1. The number of carbonyl (C=O) groups excluding carboxylic acids is 1. The Bertz CT molecular complexity index is 1030. The van der Waals surface area contributed by atoms with E-state index in [0.717, 1.165) is 6.07 Å². The normalized spacial score (nSPS) is 11.2. The molecule has 0 atom stereocenters. The molecule has 2 aromatic heterocycles. The summed E-state index contributed by atoms with van der Waals surface area (Å²) in [5, 5.41) is 2.84. The van der Waals surface area contributed by atoms with Crippen LogP contribution in [0.2, 0.25) is 5.15 Å². The second kappa shape index (κ2) is 7.85. The van der Waals surface area contributed by atoms with Crippen molar-refractivity contribution in [2.75, 3.05) is 12.4 Å². The fraction of sp³-hybridized carbons (Fsp3) is 0.105. The zero-order valence-electron chi connectivity index (χ0n) is 14.4. The van der Waals surface area contributed by atoms with E-state index >= 15 is 0 Å². The van der Waals surface area contributed by atoms with Crippen molar-refractivity contribution in [3.8, 4) is 17.0 Å². The number of nitrogens with zero attached hydrogens (tertiary/aromatic N) is 2. The number of pyridine rings is 2. The molecule has 0 aliphatic carbocycles. The average Bonchev–Trinajstić information content (AvgIpc) is 2.67. The first-order valence-electron chi connectivity index (χ1n) is 7.93. The van der Waals surface area contributed by atoms with Gasteiger partial charge in [-0.2, -0.15) is 13.2 Å². The van der Waals surface area contributed by atoms with Gasteiger partial charge in [-0.3, -0.25) is 9.78 Å². The van der Waals surface area contributed by atoms with Gasteiger partial charge >= 0.3 is 6.18 Å². The highest BCUT2D eigenvalue weighted by Crippen LogP contribution is 2.39. The van der Waals surface area contributed by atoms with Crippen LogP contribution in [0.5, 0.6) is 5.75 Å². The van der Waals surface area contributed by atoms with Crippen LogP contribution in [0.25, 0.3) is 11.3 Å². The molecule has 0 spiro atoms. The zero-order chi connectivity index (χ0) is 20.3. The van der Waals surface area contributed by atoms with Crippen molar-refractivity contribution in [2.24, 2.45) is 0 Å². The Morgan fingerprint density at radius 2 is 1.89 bits per heavy atom. The van der Waals surface area contributed by atoms with Gasteiger partial charge in [-0.15, -0.1) is 0 Å². The standard InChI is InChI=1S/C19H13ClF3N3O2/c1-28-15-9-11(18(27)26-12-6-8-24-16(20)10-12)4-5-13(15)17-14(19(21,22)23)3-2-7-25-17/h2-10H,1H3,(H,24,26,27). The van der Waals surface area contributed by atoms with E-state index in [4.69, 9.17) is 16.3 Å². The Morgan fingerprint density at radius 3 is 2.57 bits per heavy atom. The molecular formula is C19H13ClF3N3O2. The van der Waals surface area contributed by atoms with Gasteiger partial charge in [0.1, 0.15) is 10.9 Å². The van der Waals surface area contributed by atoms with Gasteiger partial charge in [-0.05, 0) is 42.5 Å². The van der Waals surface area contributed by atoms with Crippen LogP contribution in [0.3, 0.4) is 0 Å². The average molecular weight is 408 g/mol. The first kappa shape index (κ1) is 19.6. The number of hydrogen-bond acceptors (Lipinski definition) is 4. The molecule has 28 heavy (non-hydrogen) atoms. The fourth-order valence-electron chi connectivity index (χ4n) is 2.56. The summed E-state index contributed by atoms with van der Waals surface area (Å²) in [6, 6.07) is 9.28. The molecule has 0 bridgehead atoms. The van der Waals surface area contributed by atoms with Crippen molar-refractivity contribution in [3.63, 3.8) is 0 Å². The largest absolute Gasteiger partial charge is 0.496 e. The summed E-state index contributed by atoms with van der Waals surface area (Å²) in [5.74, 6) is -0.395. The number of halogens is 4. The number of methoxy groups -OCH3 is 1. The monoisotopic (exact) mass is 407 g/mol. The topological polar surface area (TPSA) is 64.1 Å². The third kappa shape index (κ3) is 4.23. The summed E-state index contributed by atoms with van der Waals surface area (Å²) < 4.78 is 45.1. The first-order chi connectivity index (χ1) is 13.3. The van der Waals surface area contributed by atoms with Crippen LogP contribution in [0, 0.1) is 0 Å². The number of ether oxygens (including phenoxy) is 1. The molecule has 144 valence electrons. The summed E-state index contributed by atoms with van der Waals surface area (Å²) in [7, 11) is 1.30. The molecule has 1 aromatic carbocycles. The maximum atomic E-state index is 13.3. The van der Waals surface area contributed by atoms with Crippen LogP contribution in [0.4, 0.5) is 18.9 Å². The molecule has 2 heterocycles. The molecule has 0 saturated heterocycles. The molecule has 0 saturated carbocycles. The van der Waals surface area contributed by atoms with E-state index in [-0.39, 0.29) is 27.7 Å². The van der Waals surface area contributed by atoms with E-state index < -0.39 is 17.6 Å². The molecule has 0 unspecified atom stereocenters. The Hall–Kier alpha value is -3.13. The highest BCUT2D eigenvalue weighted by atomic mass is 35.5. The van der Waals surface area contributed by atoms with Gasteiger partial charge in [0, 0.05) is 29.2 Å². The number of alkyl halides is 3. The van der Waals surface area contributed by atoms with Crippen LogP contribution in [-0.4, -0.2) is 23.0 Å². The van der Waals surface area contributed by atoms with E-state index in [9.17, 15) is 18.0 Å². The molecule has 0 aliphatic rings. The Balaban J connectivity index is 1.97. The molecule has 3 rings (SSSR count). The molecule has 0 aliphatic heterocycles. The van der Waals surface area contributed by atoms with Crippen molar-refractivity contribution in [1.29, 1.82) is 0 Å². The lowest BCUT2D eigenvalue weighted by atomic mass is 10.0. The molecule has 5 nitrogen and oxygen atoms in total. The maximum absolute atomic E-state index is 13.3. The van der Waals surface area contributed by atoms with E-state index in [1.807, 2.05) is 0 Å². The lowest BCUT2D eigenvalue weighted by Gasteiger charge is -2.15. The second-order valence-electron chi connectivity index (χ2n) is 5.63. The van der Waals surface area contributed by atoms with Gasteiger partial charge < -0.3 is 10.1 Å². The van der Waals surface area contributed by atoms with Gasteiger partial charge in [0.05, 0.1) is 18.4 Å². The fourth-order valence-corrected chi connectivity index (χ4v) is 2.73. The number of aromatic nitrogens is 2. The van der Waals surface area contributed by atoms with Crippen LogP contribution in [0.15, 0.2) is 54.9 Å². The van der Waals surface area contributed by atoms with Crippen molar-refractivity contribution in [2.45, 2.75) is 6.18 Å². The Morgan fingerprint density at radius 1 is 1.11 bits per heavy atom. The molecular weight excluding hydrogens is 395 g/mol. The molecule has 0 fully saturated rings. The lowest BCUT2D eigenvalue weighted by molar-refractivity contribution is -0.137. The Labute approximate surface area is 163 Å². The molecule has 3 aromatic rings. The third-order valence-electron chi connectivity index (χ3n) is 3.82. The van der Waals surface area contributed by atoms with Gasteiger partial charge in [0.25, 0.3) is 5.91 Å². The minimum atomic E-state index is -4.58. The van der Waals surface area contributed by atoms with Gasteiger partial charge in [-0.1, -0.05) is 11.6 Å². The second-order valence-corrected chi connectivity index (χ2v) is 6.02. The van der Waals surface area contributed by atoms with Crippen LogP contribution in [0.1, 0.15) is 15.9 Å². The minimum absolute atomic E-state index is 0.0876. The highest BCUT2D eigenvalue weighted by Gasteiger charge is 2.35. The van der Waals surface area contributed by atoms with Crippen LogP contribution < -0.4 is 10.1 Å². The van der Waals surface area contributed by atoms with Gasteiger partial charge in [0.15, 0.2) is 0 Å². The number of nitrogens with one attached hydrogen (secondary N) is 1. The summed E-state index contributed by atoms with van der Waals surface area (Å²) in [6.07, 6.45) is -1.88. The SMILES string of the molecule is COc1cc(C(=O)Nc2ccnc(Cl)c2)ccc1-c1ncccc1C(F)(F)F. The molecule has 9 heteroatoms. The van der Waals surface area contributed by atoms with Crippen molar-refractivity contribution >= 4 is 23.2 Å². The van der Waals surface area contributed by atoms with Crippen molar-refractivity contribution < 1.29 is 22.7 Å². The Kier molecular flexibility index (Phi) is 5.51. The highest BCUT2D eigenvalue weighted by molar-refractivity contribution is 6.29. The minimum Gasteiger partial charge on any atom is -0.496 e. The van der Waals surface area contributed by atoms with E-state index in [1.165, 1.54) is 49.8 Å². The number of carbonyl (C=O) groups is 1. The van der Waals surface area contributed by atoms with E-state index in [1.54, 1.807) is 6.07 Å². The predicted molar refractivity (Wildman–Crippen MR) is 98.4 cm³/mol. The summed E-state index contributed by atoms with van der Waals surface area (Å²) in [5.41, 5.74) is -0.425. The number of amides is 1. The van der Waals surface area contributed by atoms with Crippen LogP contribution >= 0.6 is 11.6 Å². The summed E-state index contributed by atoms with van der Waals surface area (Å²) in [6.45, 7) is 0. The number of rotatable bonds is 4. The molecule has 0 radical (unpaired) electrons. The zero-order valence-corrected chi connectivity index (χ0v) is 15.2. The van der Waals surface area contributed by atoms with Gasteiger partial charge in [0.2, 0.25) is 0 Å². The quantitative estimate of drug-likeness (QED) is 0.613. The smallest absolute Gasteiger partial charge is 0.418 e. The van der Waals surface area contributed by atoms with Crippen molar-refractivity contribution in [3.05, 3.63) is 71.1 Å². The molecule has 1 amide bonds. The number of anilines is 1.